The average molecular weight is 537 g/mol. The molecule has 1 aliphatic heterocycles. The molecule has 1 aromatic rings. The first-order chi connectivity index (χ1) is 15.7. The Morgan fingerprint density at radius 3 is 2.14 bits per heavy atom. The minimum absolute atomic E-state index is 0.0155. The maximum atomic E-state index is 16.2. The van der Waals surface area contributed by atoms with Crippen molar-refractivity contribution in [1.29, 1.82) is 0 Å². The van der Waals surface area contributed by atoms with Crippen molar-refractivity contribution in [3.05, 3.63) is 32.9 Å². The highest BCUT2D eigenvalue weighted by atomic mass is 28.4. The lowest BCUT2D eigenvalue weighted by atomic mass is 9.93. The van der Waals surface area contributed by atoms with E-state index in [9.17, 15) is 19.1 Å². The molecular weight excluding hydrogens is 494 g/mol. The molecule has 2 N–H and O–H groups in total. The SMILES string of the molecule is CC(C)(C)[Si](C)(C)OC[C@@]1(CCO)O[C@@H](n2cc(F)c(=O)[nH]c2=O)[C@@H](F)C1O[Si](C)(C)C(C)(C)C. The van der Waals surface area contributed by atoms with Crippen molar-refractivity contribution in [1.82, 2.24) is 9.55 Å². The summed E-state index contributed by atoms with van der Waals surface area (Å²) in [6, 6.07) is 0. The minimum Gasteiger partial charge on any atom is -0.414 e. The molecule has 0 saturated carbocycles. The number of H-pyrrole nitrogens is 1. The van der Waals surface area contributed by atoms with E-state index >= 15 is 4.39 Å². The number of hydrogen-bond donors (Lipinski definition) is 2. The van der Waals surface area contributed by atoms with Crippen molar-refractivity contribution in [3.8, 4) is 0 Å². The Kier molecular flexibility index (Phi) is 8.53. The van der Waals surface area contributed by atoms with Crippen LogP contribution >= 0.6 is 0 Å². The van der Waals surface area contributed by atoms with Crippen LogP contribution in [-0.2, 0) is 13.6 Å². The number of aromatic nitrogens is 2. The molecule has 8 nitrogen and oxygen atoms in total. The summed E-state index contributed by atoms with van der Waals surface area (Å²) in [6.45, 7) is 19.9. The first-order valence-corrected chi connectivity index (χ1v) is 17.8. The molecule has 12 heteroatoms. The maximum Gasteiger partial charge on any atom is 0.330 e. The molecule has 1 aromatic heterocycles. The van der Waals surface area contributed by atoms with Crippen LogP contribution in [0.1, 0.15) is 54.2 Å². The quantitative estimate of drug-likeness (QED) is 0.486. The van der Waals surface area contributed by atoms with Crippen LogP contribution in [0, 0.1) is 5.82 Å². The average Bonchev–Trinajstić information content (AvgIpc) is 2.94. The van der Waals surface area contributed by atoms with Crippen LogP contribution < -0.4 is 11.2 Å². The molecule has 1 fully saturated rings. The molecule has 0 amide bonds. The Morgan fingerprint density at radius 1 is 1.11 bits per heavy atom. The van der Waals surface area contributed by atoms with Gasteiger partial charge in [0.25, 0.3) is 5.56 Å². The van der Waals surface area contributed by atoms with Crippen molar-refractivity contribution in [3.63, 3.8) is 0 Å². The fourth-order valence-electron chi connectivity index (χ4n) is 3.44. The van der Waals surface area contributed by atoms with Crippen LogP contribution in [0.2, 0.25) is 36.3 Å². The molecule has 4 atom stereocenters. The van der Waals surface area contributed by atoms with E-state index < -0.39 is 57.8 Å². The second-order valence-electron chi connectivity index (χ2n) is 12.5. The number of aliphatic hydroxyl groups excluding tert-OH is 1. The van der Waals surface area contributed by atoms with Gasteiger partial charge in [-0.2, -0.15) is 4.39 Å². The fraction of sp³-hybridized carbons (Fsp3) is 0.826. The Balaban J connectivity index is 2.62. The van der Waals surface area contributed by atoms with E-state index in [2.05, 4.69) is 20.8 Å². The molecule has 1 saturated heterocycles. The largest absolute Gasteiger partial charge is 0.414 e. The molecule has 1 aliphatic rings. The third-order valence-corrected chi connectivity index (χ3v) is 16.8. The second kappa shape index (κ2) is 9.94. The second-order valence-corrected chi connectivity index (χ2v) is 22.0. The van der Waals surface area contributed by atoms with Gasteiger partial charge in [-0.25, -0.2) is 9.18 Å². The molecule has 0 bridgehead atoms. The summed E-state index contributed by atoms with van der Waals surface area (Å²) >= 11 is 0. The zero-order valence-electron chi connectivity index (χ0n) is 22.6. The molecule has 0 aromatic carbocycles. The summed E-state index contributed by atoms with van der Waals surface area (Å²) < 4.78 is 50.1. The summed E-state index contributed by atoms with van der Waals surface area (Å²) in [7, 11) is -4.90. The monoisotopic (exact) mass is 536 g/mol. The number of nitrogens with one attached hydrogen (secondary N) is 1. The van der Waals surface area contributed by atoms with E-state index in [1.54, 1.807) is 0 Å². The third-order valence-electron chi connectivity index (χ3n) is 7.88. The zero-order chi connectivity index (χ0) is 27.2. The molecule has 2 heterocycles. The van der Waals surface area contributed by atoms with E-state index in [0.29, 0.717) is 10.8 Å². The lowest BCUT2D eigenvalue weighted by molar-refractivity contribution is -0.132. The highest BCUT2D eigenvalue weighted by Gasteiger charge is 2.60. The predicted molar refractivity (Wildman–Crippen MR) is 136 cm³/mol. The number of hydrogen-bond acceptors (Lipinski definition) is 6. The van der Waals surface area contributed by atoms with Crippen molar-refractivity contribution in [2.24, 2.45) is 0 Å². The van der Waals surface area contributed by atoms with Gasteiger partial charge < -0.3 is 18.7 Å². The van der Waals surface area contributed by atoms with Gasteiger partial charge in [-0.15, -0.1) is 0 Å². The molecule has 2 rings (SSSR count). The van der Waals surface area contributed by atoms with Gasteiger partial charge in [0.15, 0.2) is 29.0 Å². The van der Waals surface area contributed by atoms with Gasteiger partial charge in [0.1, 0.15) is 11.7 Å². The molecule has 35 heavy (non-hydrogen) atoms. The standard InChI is InChI=1S/C23H42F2N2O6Si2/c1-21(2,3)34(7,8)31-14-23(11-12-28)17(33-35(9,10)22(4,5)6)16(25)19(32-23)27-13-15(24)18(29)26-20(27)30/h13,16-17,19,28H,11-12,14H2,1-10H3,(H,26,29,30)/t16-,17?,19+,23+/m0/s1. The Hall–Kier alpha value is -1.19. The number of halogens is 2. The summed E-state index contributed by atoms with van der Waals surface area (Å²) in [4.78, 5) is 25.9. The molecule has 0 radical (unpaired) electrons. The van der Waals surface area contributed by atoms with Crippen LogP contribution in [0.25, 0.3) is 0 Å². The number of aromatic amines is 1. The van der Waals surface area contributed by atoms with Gasteiger partial charge >= 0.3 is 5.69 Å². The first kappa shape index (κ1) is 30.0. The van der Waals surface area contributed by atoms with Crippen molar-refractivity contribution in [2.45, 2.75) is 108 Å². The first-order valence-electron chi connectivity index (χ1n) is 11.9. The Labute approximate surface area is 208 Å². The van der Waals surface area contributed by atoms with Gasteiger partial charge in [-0.05, 0) is 36.3 Å². The van der Waals surface area contributed by atoms with E-state index in [-0.39, 0.29) is 29.7 Å². The molecule has 0 aliphatic carbocycles. The third kappa shape index (κ3) is 6.04. The normalized spacial score (nSPS) is 26.4. The zero-order valence-corrected chi connectivity index (χ0v) is 24.6. The van der Waals surface area contributed by atoms with Gasteiger partial charge in [-0.3, -0.25) is 14.3 Å². The maximum absolute atomic E-state index is 16.2. The molecule has 202 valence electrons. The van der Waals surface area contributed by atoms with E-state index in [4.69, 9.17) is 13.6 Å². The van der Waals surface area contributed by atoms with Crippen molar-refractivity contribution in [2.75, 3.05) is 13.2 Å². The summed E-state index contributed by atoms with van der Waals surface area (Å²) in [5.41, 5.74) is -3.63. The number of alkyl halides is 1. The predicted octanol–water partition coefficient (Wildman–Crippen LogP) is 4.08. The number of ether oxygens (including phenoxy) is 1. The van der Waals surface area contributed by atoms with Gasteiger partial charge in [-0.1, -0.05) is 41.5 Å². The van der Waals surface area contributed by atoms with Crippen molar-refractivity contribution >= 4 is 16.6 Å². The van der Waals surface area contributed by atoms with Gasteiger partial charge in [0.05, 0.1) is 12.8 Å². The highest BCUT2D eigenvalue weighted by Crippen LogP contribution is 2.48. The smallest absolute Gasteiger partial charge is 0.330 e. The Bertz CT molecular complexity index is 1010. The summed E-state index contributed by atoms with van der Waals surface area (Å²) in [5.74, 6) is -1.24. The number of nitrogens with zero attached hydrogens (tertiary/aromatic N) is 1. The van der Waals surface area contributed by atoms with E-state index in [0.717, 1.165) is 0 Å². The van der Waals surface area contributed by atoms with Crippen LogP contribution in [0.4, 0.5) is 8.78 Å². The van der Waals surface area contributed by atoms with Crippen LogP contribution in [0.5, 0.6) is 0 Å². The van der Waals surface area contributed by atoms with Gasteiger partial charge in [0, 0.05) is 13.0 Å². The Morgan fingerprint density at radius 2 is 1.66 bits per heavy atom. The summed E-state index contributed by atoms with van der Waals surface area (Å²) in [5, 5.41) is 9.56. The van der Waals surface area contributed by atoms with Crippen LogP contribution in [-0.4, -0.2) is 62.4 Å². The van der Waals surface area contributed by atoms with Crippen LogP contribution in [0.15, 0.2) is 15.8 Å². The van der Waals surface area contributed by atoms with Gasteiger partial charge in [0.2, 0.25) is 5.82 Å². The number of aliphatic hydroxyl groups is 1. The fourth-order valence-corrected chi connectivity index (χ4v) is 5.81. The molecule has 1 unspecified atom stereocenters. The number of rotatable bonds is 8. The lowest BCUT2D eigenvalue weighted by Crippen LogP contribution is -2.57. The molecular formula is C23H42F2N2O6Si2. The molecule has 0 spiro atoms. The topological polar surface area (TPSA) is 103 Å². The summed E-state index contributed by atoms with van der Waals surface area (Å²) in [6.07, 6.45) is -4.02. The van der Waals surface area contributed by atoms with Crippen LogP contribution in [0.3, 0.4) is 0 Å². The lowest BCUT2D eigenvalue weighted by Gasteiger charge is -2.45. The van der Waals surface area contributed by atoms with Crippen molar-refractivity contribution < 1.29 is 27.5 Å². The minimum atomic E-state index is -2.57. The highest BCUT2D eigenvalue weighted by molar-refractivity contribution is 6.74. The van der Waals surface area contributed by atoms with E-state index in [1.165, 1.54) is 0 Å². The van der Waals surface area contributed by atoms with E-state index in [1.807, 2.05) is 51.9 Å².